The van der Waals surface area contributed by atoms with Gasteiger partial charge < -0.3 is 53.7 Å². The van der Waals surface area contributed by atoms with Crippen LogP contribution in [-0.4, -0.2) is 142 Å². The molecule has 4 amide bonds. The molecule has 117 heavy (non-hydrogen) atoms. The third-order valence-corrected chi connectivity index (χ3v) is 22.0. The second-order valence-electron chi connectivity index (χ2n) is 31.9. The van der Waals surface area contributed by atoms with Crippen LogP contribution in [0.25, 0.3) is 5.57 Å². The van der Waals surface area contributed by atoms with Gasteiger partial charge in [0.05, 0.1) is 23.3 Å². The maximum absolute atomic E-state index is 12.3. The Morgan fingerprint density at radius 1 is 0.496 bits per heavy atom. The van der Waals surface area contributed by atoms with Gasteiger partial charge in [-0.05, 0) is 315 Å². The Morgan fingerprint density at radius 2 is 0.880 bits per heavy atom. The number of carbonyl (C=O) groups is 7. The molecule has 2 saturated heterocycles. The molecule has 2 unspecified atom stereocenters. The van der Waals surface area contributed by atoms with Crippen molar-refractivity contribution in [2.75, 3.05) is 39.3 Å². The smallest absolute Gasteiger partial charge is 0.508 e. The molecule has 4 N–H and O–H groups in total. The summed E-state index contributed by atoms with van der Waals surface area (Å²) in [5.41, 5.74) is 4.84. The molecule has 0 radical (unpaired) electrons. The van der Waals surface area contributed by atoms with E-state index in [9.17, 15) is 65.4 Å². The minimum absolute atomic E-state index is 0.00981. The van der Waals surface area contributed by atoms with Crippen molar-refractivity contribution in [3.63, 3.8) is 0 Å². The summed E-state index contributed by atoms with van der Waals surface area (Å²) in [6.45, 7) is 41.1. The number of aliphatic hydroxyl groups is 1. The average molecular weight is 1770 g/mol. The lowest BCUT2D eigenvalue weighted by Gasteiger charge is -2.35. The first-order chi connectivity index (χ1) is 53.9. The monoisotopic (exact) mass is 1770 g/mol. The van der Waals surface area contributed by atoms with Crippen LogP contribution in [0.4, 0.5) is 27.6 Å². The predicted molar refractivity (Wildman–Crippen MR) is 458 cm³/mol. The maximum Gasteiger partial charge on any atom is 0.534 e. The van der Waals surface area contributed by atoms with E-state index < -0.39 is 50.1 Å². The summed E-state index contributed by atoms with van der Waals surface area (Å²) in [5, 5.41) is 34.9. The number of phenolic OH excluding ortho intramolecular Hbond substituents is 2. The molecule has 0 aromatic heterocycles. The summed E-state index contributed by atoms with van der Waals surface area (Å²) in [4.78, 5) is 87.7. The molecular formula is C87H111Cl6F3N4O16S. The topological polar surface area (TPSA) is 273 Å². The number of ether oxygens (including phenoxy) is 3. The normalized spacial score (nSPS) is 14.6. The van der Waals surface area contributed by atoms with Gasteiger partial charge in [-0.25, -0.2) is 14.4 Å². The number of nitrogens with zero attached hydrogens (tertiary/aromatic N) is 3. The van der Waals surface area contributed by atoms with Gasteiger partial charge in [0.1, 0.15) is 28.3 Å². The Hall–Kier alpha value is -7.81. The lowest BCUT2D eigenvalue weighted by Crippen LogP contribution is -2.41. The van der Waals surface area contributed by atoms with Gasteiger partial charge in [-0.1, -0.05) is 102 Å². The minimum atomic E-state index is -5.83. The van der Waals surface area contributed by atoms with Gasteiger partial charge in [-0.15, -0.1) is 0 Å². The first-order valence-corrected chi connectivity index (χ1v) is 41.8. The number of phenols is 2. The molecule has 0 saturated carbocycles. The van der Waals surface area contributed by atoms with Gasteiger partial charge in [0, 0.05) is 81.9 Å². The van der Waals surface area contributed by atoms with E-state index in [1.807, 2.05) is 121 Å². The van der Waals surface area contributed by atoms with Crippen LogP contribution in [0.2, 0.25) is 30.1 Å². The standard InChI is InChI=1S/C22H33ClN2O3.C20H30ClNO3.C19H24ClNO3.C10H8ClF3O4S.C9H9ClO2.C7H7ClO/c1-7-20(24-15(3)26)18-13-19(23)14(2)12-17(18)16-8-10-25(11-9-16)21(27)28-22(4,5)6;1-6-18(23)16-12-17(21)13(2)11-15(16)14-7-9-22(10-8-14)19(24)25-20(3,4)5;1-12-10-16(15(13(2)22)11-17(12)20)14-6-8-21(9-7-14)18(23)24-19(3,4)5;1-5-3-9(7(6(2)15)4-8(5)11)18-19(16,17)10(12,13)14;1-5-3-9(12)7(6(2)11)4-8(5)10;1-5-4-6(9)2-3-7(5)8/h12-13,16,20H,7-11H2,1-6H3,(H,24,26);11-12,14,18,23H,6-10H2,1-5H3;6,10-11H,7-9H2,1-5H3;3-4H,1-2H3;3-4,12H,1-2H3;2-4,9H,1H3. The molecular weight excluding hydrogens is 1660 g/mol. The van der Waals surface area contributed by atoms with E-state index >= 15 is 0 Å². The highest BCUT2D eigenvalue weighted by Crippen LogP contribution is 2.41. The van der Waals surface area contributed by atoms with Crippen LogP contribution in [-0.2, 0) is 29.1 Å². The number of aliphatic hydroxyl groups excluding tert-OH is 1. The SMILES string of the molecule is CC(=O)c1cc(Cl)c(C)cc1C1=CCN(C(=O)OC(C)(C)C)CC1.CC(=O)c1cc(Cl)c(C)cc1O.CC(=O)c1cc(Cl)c(C)cc1OS(=O)(=O)C(F)(F)F.CCC(NC(C)=O)c1cc(Cl)c(C)cc1C1CCN(C(=O)OC(C)(C)C)CC1.CCC(O)c1cc(Cl)c(C)cc1C1CCN(C(=O)OC(C)(C)C)CC1.Cc1cc(O)ccc1Cl. The Morgan fingerprint density at radius 3 is 1.26 bits per heavy atom. The second kappa shape index (κ2) is 43.9. The molecule has 0 aliphatic carbocycles. The highest BCUT2D eigenvalue weighted by molar-refractivity contribution is 7.88. The number of benzene rings is 6. The van der Waals surface area contributed by atoms with Crippen LogP contribution < -0.4 is 9.50 Å². The largest absolute Gasteiger partial charge is 0.534 e. The van der Waals surface area contributed by atoms with Crippen molar-refractivity contribution in [3.8, 4) is 17.2 Å². The van der Waals surface area contributed by atoms with Crippen LogP contribution >= 0.6 is 69.6 Å². The van der Waals surface area contributed by atoms with Crippen molar-refractivity contribution < 1.29 is 88.9 Å². The number of nitrogens with one attached hydrogen (secondary N) is 1. The molecule has 2 fully saturated rings. The van der Waals surface area contributed by atoms with E-state index in [1.54, 1.807) is 52.8 Å². The molecule has 20 nitrogen and oxygen atoms in total. The predicted octanol–water partition coefficient (Wildman–Crippen LogP) is 23.4. The van der Waals surface area contributed by atoms with E-state index in [-0.39, 0.29) is 75.0 Å². The molecule has 2 atom stereocenters. The van der Waals surface area contributed by atoms with Gasteiger partial charge in [0.2, 0.25) is 5.91 Å². The first kappa shape index (κ1) is 102. The number of carbonyl (C=O) groups excluding carboxylic acids is 7. The molecule has 0 bridgehead atoms. The fourth-order valence-electron chi connectivity index (χ4n) is 12.4. The van der Waals surface area contributed by atoms with E-state index in [0.717, 1.165) is 101 Å². The number of amides is 4. The van der Waals surface area contributed by atoms with E-state index in [0.29, 0.717) is 94.6 Å². The third-order valence-electron chi connectivity index (χ3n) is 18.6. The molecule has 30 heteroatoms. The van der Waals surface area contributed by atoms with Crippen molar-refractivity contribution >= 4 is 127 Å². The lowest BCUT2D eigenvalue weighted by atomic mass is 9.83. The summed E-state index contributed by atoms with van der Waals surface area (Å²) >= 11 is 36.0. The Kier molecular flexibility index (Phi) is 38.1. The highest BCUT2D eigenvalue weighted by atomic mass is 35.5. The lowest BCUT2D eigenvalue weighted by molar-refractivity contribution is -0.119. The molecule has 6 aromatic carbocycles. The van der Waals surface area contributed by atoms with Crippen LogP contribution in [0.3, 0.4) is 0 Å². The van der Waals surface area contributed by atoms with Crippen LogP contribution in [0.1, 0.15) is 265 Å². The highest BCUT2D eigenvalue weighted by Gasteiger charge is 2.49. The van der Waals surface area contributed by atoms with Gasteiger partial charge in [-0.2, -0.15) is 21.6 Å². The molecule has 644 valence electrons. The van der Waals surface area contributed by atoms with Gasteiger partial charge in [-0.3, -0.25) is 19.2 Å². The molecule has 0 spiro atoms. The molecule has 3 aliphatic rings. The summed E-state index contributed by atoms with van der Waals surface area (Å²) in [6.07, 6.45) is 6.28. The van der Waals surface area contributed by atoms with Crippen LogP contribution in [0, 0.1) is 41.5 Å². The number of aromatic hydroxyl groups is 2. The number of alkyl halides is 3. The van der Waals surface area contributed by atoms with Crippen molar-refractivity contribution in [1.82, 2.24) is 20.0 Å². The summed E-state index contributed by atoms with van der Waals surface area (Å²) in [7, 11) is -5.83. The van der Waals surface area contributed by atoms with E-state index in [4.69, 9.17) is 88.9 Å². The van der Waals surface area contributed by atoms with E-state index in [1.165, 1.54) is 44.0 Å². The van der Waals surface area contributed by atoms with Crippen LogP contribution in [0.5, 0.6) is 17.2 Å². The number of hydrogen-bond acceptors (Lipinski definition) is 16. The van der Waals surface area contributed by atoms with E-state index in [2.05, 4.69) is 28.6 Å². The third kappa shape index (κ3) is 31.7. The molecule has 3 heterocycles. The zero-order chi connectivity index (χ0) is 89.1. The number of Topliss-reactive ketones (excluding diaryl/α,β-unsaturated/α-hetero) is 3. The second-order valence-corrected chi connectivity index (χ2v) is 35.9. The number of piperidine rings is 2. The van der Waals surface area contributed by atoms with Gasteiger partial charge in [0.15, 0.2) is 23.1 Å². The number of likely N-dealkylation sites (tertiary alicyclic amines) is 2. The molecule has 6 aromatic rings. The van der Waals surface area contributed by atoms with Gasteiger partial charge >= 0.3 is 33.9 Å². The van der Waals surface area contributed by atoms with Crippen molar-refractivity contribution in [1.29, 1.82) is 0 Å². The molecule has 3 aliphatic heterocycles. The summed E-state index contributed by atoms with van der Waals surface area (Å²) in [6, 6.07) is 21.6. The van der Waals surface area contributed by atoms with Crippen molar-refractivity contribution in [2.24, 2.45) is 0 Å². The number of hydrogen-bond donors (Lipinski definition) is 4. The summed E-state index contributed by atoms with van der Waals surface area (Å²) in [5.74, 6) is -0.716. The van der Waals surface area contributed by atoms with Crippen molar-refractivity contribution in [2.45, 2.75) is 237 Å². The molecule has 9 rings (SSSR count). The number of halogens is 9. The Bertz CT molecular complexity index is 4690. The zero-order valence-corrected chi connectivity index (χ0v) is 75.7. The van der Waals surface area contributed by atoms with Crippen molar-refractivity contribution in [3.05, 3.63) is 193 Å². The van der Waals surface area contributed by atoms with Crippen LogP contribution in [0.15, 0.2) is 84.9 Å². The summed E-state index contributed by atoms with van der Waals surface area (Å²) < 4.78 is 78.7. The fraction of sp³-hybridized carbons (Fsp3) is 0.483. The zero-order valence-electron chi connectivity index (χ0n) is 70.4. The minimum Gasteiger partial charge on any atom is -0.508 e. The number of ketones is 3. The first-order valence-electron chi connectivity index (χ1n) is 38.2. The number of rotatable bonds is 13. The number of aryl methyl sites for hydroxylation is 6. The fourth-order valence-corrected chi connectivity index (χ4v) is 13.8. The maximum atomic E-state index is 12.3. The Labute approximate surface area is 717 Å². The average Bonchev–Trinajstić information content (AvgIpc) is 0.810. The van der Waals surface area contributed by atoms with Gasteiger partial charge in [0.25, 0.3) is 0 Å². The quantitative estimate of drug-likeness (QED) is 0.0362. The Balaban J connectivity index is 0.000000305.